The van der Waals surface area contributed by atoms with E-state index in [1.807, 2.05) is 24.3 Å². The number of hydrogen-bond acceptors (Lipinski definition) is 5. The molecule has 0 spiro atoms. The summed E-state index contributed by atoms with van der Waals surface area (Å²) in [7, 11) is 0. The molecule has 1 aromatic carbocycles. The number of hydrogen-bond donors (Lipinski definition) is 2. The fourth-order valence-electron chi connectivity index (χ4n) is 2.98. The van der Waals surface area contributed by atoms with Crippen LogP contribution in [-0.4, -0.2) is 25.7 Å². The van der Waals surface area contributed by atoms with Gasteiger partial charge in [0.05, 0.1) is 32.6 Å². The van der Waals surface area contributed by atoms with Crippen LogP contribution in [0.2, 0.25) is 0 Å². The van der Waals surface area contributed by atoms with Crippen LogP contribution in [0.4, 0.5) is 0 Å². The second-order valence-electron chi connectivity index (χ2n) is 6.72. The second kappa shape index (κ2) is 8.76. The van der Waals surface area contributed by atoms with Crippen LogP contribution in [0.1, 0.15) is 37.6 Å². The minimum absolute atomic E-state index is 0.0431. The van der Waals surface area contributed by atoms with Crippen LogP contribution in [-0.2, 0) is 11.3 Å². The predicted molar refractivity (Wildman–Crippen MR) is 98.2 cm³/mol. The summed E-state index contributed by atoms with van der Waals surface area (Å²) in [5.74, 6) is 2.54. The molecule has 6 heteroatoms. The molecular weight excluding hydrogens is 332 g/mol. The number of rotatable bonds is 7. The highest BCUT2D eigenvalue weighted by Gasteiger charge is 2.19. The lowest BCUT2D eigenvalue weighted by Gasteiger charge is -2.23. The zero-order valence-electron chi connectivity index (χ0n) is 15.3. The quantitative estimate of drug-likeness (QED) is 0.796. The highest BCUT2D eigenvalue weighted by molar-refractivity contribution is 5.78. The summed E-state index contributed by atoms with van der Waals surface area (Å²) in [5.41, 5.74) is 1.09. The first kappa shape index (κ1) is 18.3. The third-order valence-corrected chi connectivity index (χ3v) is 4.32. The molecule has 1 aromatic heterocycles. The fourth-order valence-corrected chi connectivity index (χ4v) is 2.98. The maximum atomic E-state index is 12.1. The van der Waals surface area contributed by atoms with Crippen LogP contribution in [0.3, 0.4) is 0 Å². The van der Waals surface area contributed by atoms with Gasteiger partial charge in [-0.05, 0) is 35.7 Å². The predicted octanol–water partition coefficient (Wildman–Crippen LogP) is 3.04. The normalized spacial score (nSPS) is 14.7. The Hall–Kier alpha value is -2.47. The van der Waals surface area contributed by atoms with Gasteiger partial charge in [-0.2, -0.15) is 0 Å². The molecule has 0 unspecified atom stereocenters. The van der Waals surface area contributed by atoms with Crippen molar-refractivity contribution in [2.24, 2.45) is 5.92 Å². The monoisotopic (exact) mass is 358 g/mol. The van der Waals surface area contributed by atoms with Gasteiger partial charge in [0.15, 0.2) is 11.5 Å². The van der Waals surface area contributed by atoms with Gasteiger partial charge in [0.2, 0.25) is 5.91 Å². The van der Waals surface area contributed by atoms with Gasteiger partial charge in [-0.15, -0.1) is 0 Å². The van der Waals surface area contributed by atoms with Crippen molar-refractivity contribution in [2.45, 2.75) is 32.9 Å². The average Bonchev–Trinajstić information content (AvgIpc) is 3.04. The van der Waals surface area contributed by atoms with E-state index in [0.717, 1.165) is 29.2 Å². The highest BCUT2D eigenvalue weighted by Crippen LogP contribution is 2.34. The van der Waals surface area contributed by atoms with Gasteiger partial charge in [-0.3, -0.25) is 4.79 Å². The van der Waals surface area contributed by atoms with E-state index in [4.69, 9.17) is 13.9 Å². The molecule has 6 nitrogen and oxygen atoms in total. The molecule has 1 aliphatic heterocycles. The SMILES string of the molecule is CC(C)[C@@H](NCC(=O)NCc1ccco1)c1ccc2c(c1)OCCCO2. The lowest BCUT2D eigenvalue weighted by Crippen LogP contribution is -2.37. The molecule has 0 saturated heterocycles. The van der Waals surface area contributed by atoms with Gasteiger partial charge in [0, 0.05) is 12.5 Å². The third-order valence-electron chi connectivity index (χ3n) is 4.32. The molecule has 0 radical (unpaired) electrons. The number of amides is 1. The van der Waals surface area contributed by atoms with Crippen molar-refractivity contribution < 1.29 is 18.7 Å². The van der Waals surface area contributed by atoms with Gasteiger partial charge in [-0.25, -0.2) is 0 Å². The van der Waals surface area contributed by atoms with Gasteiger partial charge in [0.25, 0.3) is 0 Å². The van der Waals surface area contributed by atoms with Crippen molar-refractivity contribution in [3.8, 4) is 11.5 Å². The standard InChI is InChI=1S/C20H26N2O4/c1-14(2)20(22-13-19(23)21-12-16-5-3-8-24-16)15-6-7-17-18(11-15)26-10-4-9-25-17/h3,5-8,11,14,20,22H,4,9-10,12-13H2,1-2H3,(H,21,23)/t20-/m1/s1. The fraction of sp³-hybridized carbons (Fsp3) is 0.450. The first-order valence-corrected chi connectivity index (χ1v) is 9.05. The van der Waals surface area contributed by atoms with E-state index >= 15 is 0 Å². The van der Waals surface area contributed by atoms with E-state index in [9.17, 15) is 4.79 Å². The van der Waals surface area contributed by atoms with E-state index in [1.165, 1.54) is 0 Å². The van der Waals surface area contributed by atoms with Crippen LogP contribution in [0.5, 0.6) is 11.5 Å². The number of carbonyl (C=O) groups excluding carboxylic acids is 1. The molecular formula is C20H26N2O4. The molecule has 2 aromatic rings. The van der Waals surface area contributed by atoms with Crippen LogP contribution in [0.15, 0.2) is 41.0 Å². The van der Waals surface area contributed by atoms with Gasteiger partial charge in [-0.1, -0.05) is 19.9 Å². The Labute approximate surface area is 153 Å². The van der Waals surface area contributed by atoms with Crippen molar-refractivity contribution in [2.75, 3.05) is 19.8 Å². The van der Waals surface area contributed by atoms with Gasteiger partial charge < -0.3 is 24.5 Å². The number of nitrogens with one attached hydrogen (secondary N) is 2. The van der Waals surface area contributed by atoms with Crippen LogP contribution in [0.25, 0.3) is 0 Å². The molecule has 0 aliphatic carbocycles. The number of benzene rings is 1. The second-order valence-corrected chi connectivity index (χ2v) is 6.72. The average molecular weight is 358 g/mol. The highest BCUT2D eigenvalue weighted by atomic mass is 16.5. The Kier molecular flexibility index (Phi) is 6.17. The Morgan fingerprint density at radius 3 is 2.69 bits per heavy atom. The van der Waals surface area contributed by atoms with Crippen molar-refractivity contribution in [1.29, 1.82) is 0 Å². The summed E-state index contributed by atoms with van der Waals surface area (Å²) in [6, 6.07) is 9.68. The van der Waals surface area contributed by atoms with Crippen LogP contribution >= 0.6 is 0 Å². The maximum absolute atomic E-state index is 12.1. The van der Waals surface area contributed by atoms with E-state index in [1.54, 1.807) is 12.3 Å². The zero-order chi connectivity index (χ0) is 18.4. The molecule has 140 valence electrons. The third kappa shape index (κ3) is 4.79. The lowest BCUT2D eigenvalue weighted by molar-refractivity contribution is -0.120. The zero-order valence-corrected chi connectivity index (χ0v) is 15.3. The number of furan rings is 1. The number of carbonyl (C=O) groups is 1. The lowest BCUT2D eigenvalue weighted by atomic mass is 9.95. The Morgan fingerprint density at radius 1 is 1.15 bits per heavy atom. The smallest absolute Gasteiger partial charge is 0.234 e. The van der Waals surface area contributed by atoms with Crippen molar-refractivity contribution >= 4 is 5.91 Å². The summed E-state index contributed by atoms with van der Waals surface area (Å²) < 4.78 is 16.7. The summed E-state index contributed by atoms with van der Waals surface area (Å²) in [5, 5.41) is 6.20. The minimum Gasteiger partial charge on any atom is -0.490 e. The summed E-state index contributed by atoms with van der Waals surface area (Å²) in [4.78, 5) is 12.1. The van der Waals surface area contributed by atoms with E-state index in [2.05, 4.69) is 24.5 Å². The van der Waals surface area contributed by atoms with Crippen molar-refractivity contribution in [1.82, 2.24) is 10.6 Å². The first-order valence-electron chi connectivity index (χ1n) is 9.05. The Morgan fingerprint density at radius 2 is 1.96 bits per heavy atom. The van der Waals surface area contributed by atoms with E-state index in [0.29, 0.717) is 25.7 Å². The molecule has 26 heavy (non-hydrogen) atoms. The molecule has 1 amide bonds. The minimum atomic E-state index is -0.0682. The molecule has 2 N–H and O–H groups in total. The largest absolute Gasteiger partial charge is 0.490 e. The molecule has 1 aliphatic rings. The first-order chi connectivity index (χ1) is 12.6. The summed E-state index contributed by atoms with van der Waals surface area (Å²) >= 11 is 0. The van der Waals surface area contributed by atoms with Gasteiger partial charge in [0.1, 0.15) is 5.76 Å². The van der Waals surface area contributed by atoms with Gasteiger partial charge >= 0.3 is 0 Å². The Bertz CT molecular complexity index is 713. The Balaban J connectivity index is 1.60. The number of fused-ring (bicyclic) bond motifs is 1. The molecule has 3 rings (SSSR count). The van der Waals surface area contributed by atoms with E-state index in [-0.39, 0.29) is 18.5 Å². The molecule has 0 saturated carbocycles. The summed E-state index contributed by atoms with van der Waals surface area (Å²) in [6.45, 7) is 6.21. The molecule has 0 bridgehead atoms. The molecule has 2 heterocycles. The maximum Gasteiger partial charge on any atom is 0.234 e. The molecule has 1 atom stereocenters. The van der Waals surface area contributed by atoms with Crippen molar-refractivity contribution in [3.05, 3.63) is 47.9 Å². The topological polar surface area (TPSA) is 72.7 Å². The van der Waals surface area contributed by atoms with E-state index < -0.39 is 0 Å². The van der Waals surface area contributed by atoms with Crippen LogP contribution < -0.4 is 20.1 Å². The molecule has 0 fully saturated rings. The van der Waals surface area contributed by atoms with Crippen LogP contribution in [0, 0.1) is 5.92 Å². The number of ether oxygens (including phenoxy) is 2. The van der Waals surface area contributed by atoms with Crippen molar-refractivity contribution in [3.63, 3.8) is 0 Å². The summed E-state index contributed by atoms with van der Waals surface area (Å²) in [6.07, 6.45) is 2.48.